The van der Waals surface area contributed by atoms with Crippen molar-refractivity contribution in [2.45, 2.75) is 44.4 Å². The molecule has 0 aromatic heterocycles. The Hall–Kier alpha value is -2.40. The molecule has 0 saturated heterocycles. The lowest BCUT2D eigenvalue weighted by Crippen LogP contribution is -2.13. The van der Waals surface area contributed by atoms with Gasteiger partial charge in [0.1, 0.15) is 5.82 Å². The van der Waals surface area contributed by atoms with Crippen molar-refractivity contribution in [1.82, 2.24) is 0 Å². The van der Waals surface area contributed by atoms with E-state index in [2.05, 4.69) is 18.7 Å². The highest BCUT2D eigenvalue weighted by Crippen LogP contribution is 2.41. The number of methoxy groups -OCH3 is 1. The summed E-state index contributed by atoms with van der Waals surface area (Å²) in [5.74, 6) is -0.463. The molecule has 0 bridgehead atoms. The van der Waals surface area contributed by atoms with Crippen molar-refractivity contribution in [1.29, 1.82) is 0 Å². The maximum absolute atomic E-state index is 14.6. The Kier molecular flexibility index (Phi) is 7.14. The lowest BCUT2D eigenvalue weighted by atomic mass is 9.82. The van der Waals surface area contributed by atoms with Gasteiger partial charge in [0.25, 0.3) is 0 Å². The van der Waals surface area contributed by atoms with Gasteiger partial charge in [-0.05, 0) is 48.3 Å². The Labute approximate surface area is 175 Å². The Bertz CT molecular complexity index is 897. The van der Waals surface area contributed by atoms with Gasteiger partial charge < -0.3 is 4.74 Å². The molecule has 0 heterocycles. The van der Waals surface area contributed by atoms with Gasteiger partial charge in [-0.15, -0.1) is 6.58 Å². The fourth-order valence-electron chi connectivity index (χ4n) is 4.04. The molecule has 2 aromatic carbocycles. The zero-order chi connectivity index (χ0) is 21.7. The molecule has 30 heavy (non-hydrogen) atoms. The summed E-state index contributed by atoms with van der Waals surface area (Å²) in [4.78, 5) is 0. The van der Waals surface area contributed by atoms with Crippen LogP contribution in [0, 0.1) is 11.7 Å². The minimum atomic E-state index is -4.80. The monoisotopic (exact) mass is 418 g/mol. The minimum absolute atomic E-state index is 0.108. The van der Waals surface area contributed by atoms with Crippen molar-refractivity contribution < 1.29 is 22.3 Å². The van der Waals surface area contributed by atoms with Crippen molar-refractivity contribution in [3.05, 3.63) is 83.7 Å². The van der Waals surface area contributed by atoms with Gasteiger partial charge in [0.15, 0.2) is 0 Å². The van der Waals surface area contributed by atoms with Crippen molar-refractivity contribution in [2.75, 3.05) is 7.11 Å². The third-order valence-electron chi connectivity index (χ3n) is 5.66. The summed E-state index contributed by atoms with van der Waals surface area (Å²) in [5, 5.41) is 0. The molecule has 0 N–H and O–H groups in total. The van der Waals surface area contributed by atoms with Gasteiger partial charge in [-0.1, -0.05) is 54.6 Å². The summed E-state index contributed by atoms with van der Waals surface area (Å²) in [6, 6.07) is 9.65. The smallest absolute Gasteiger partial charge is 0.380 e. The van der Waals surface area contributed by atoms with Crippen molar-refractivity contribution in [3.8, 4) is 11.1 Å². The Morgan fingerprint density at radius 3 is 2.37 bits per heavy atom. The standard InChI is InChI=1S/C25H26F4O/c1-3-4-5-17-6-8-18(9-7-17)19-10-12-20(13-11-19)22-15-14-21(16-30-2)24(26)23(22)25(27,28)29/h3,6,8,10-15,17-18H,1,4-5,7,9,16H2,2H3. The van der Waals surface area contributed by atoms with Crippen LogP contribution in [-0.2, 0) is 17.5 Å². The Morgan fingerprint density at radius 1 is 1.07 bits per heavy atom. The van der Waals surface area contributed by atoms with Crippen LogP contribution in [0.5, 0.6) is 0 Å². The highest BCUT2D eigenvalue weighted by atomic mass is 19.4. The first-order valence-electron chi connectivity index (χ1n) is 10.1. The van der Waals surface area contributed by atoms with Crippen molar-refractivity contribution in [3.63, 3.8) is 0 Å². The lowest BCUT2D eigenvalue weighted by Gasteiger charge is -2.23. The number of rotatable bonds is 7. The van der Waals surface area contributed by atoms with E-state index in [4.69, 9.17) is 4.74 Å². The van der Waals surface area contributed by atoms with Crippen LogP contribution in [0.25, 0.3) is 11.1 Å². The number of hydrogen-bond acceptors (Lipinski definition) is 1. The minimum Gasteiger partial charge on any atom is -0.380 e. The van der Waals surface area contributed by atoms with Crippen molar-refractivity contribution in [2.24, 2.45) is 5.92 Å². The molecule has 2 unspecified atom stereocenters. The molecule has 160 valence electrons. The average Bonchev–Trinajstić information content (AvgIpc) is 2.73. The Morgan fingerprint density at radius 2 is 1.80 bits per heavy atom. The van der Waals surface area contributed by atoms with E-state index in [1.807, 2.05) is 18.2 Å². The first-order valence-corrected chi connectivity index (χ1v) is 10.1. The van der Waals surface area contributed by atoms with E-state index in [1.165, 1.54) is 19.2 Å². The number of hydrogen-bond donors (Lipinski definition) is 0. The zero-order valence-corrected chi connectivity index (χ0v) is 17.0. The summed E-state index contributed by atoms with van der Waals surface area (Å²) in [6.07, 6.45) is 5.73. The third-order valence-corrected chi connectivity index (χ3v) is 5.66. The highest BCUT2D eigenvalue weighted by Gasteiger charge is 2.38. The molecule has 0 saturated carbocycles. The van der Waals surface area contributed by atoms with Gasteiger partial charge in [-0.25, -0.2) is 4.39 Å². The molecular formula is C25H26F4O. The van der Waals surface area contributed by atoms with Gasteiger partial charge in [0.2, 0.25) is 0 Å². The summed E-state index contributed by atoms with van der Waals surface area (Å²) >= 11 is 0. The van der Waals surface area contributed by atoms with E-state index in [0.29, 0.717) is 11.5 Å². The normalized spacial score (nSPS) is 19.1. The van der Waals surface area contributed by atoms with Crippen LogP contribution in [0.15, 0.2) is 61.2 Å². The van der Waals surface area contributed by atoms with Crippen LogP contribution < -0.4 is 0 Å². The molecule has 1 aliphatic carbocycles. The number of ether oxygens (including phenoxy) is 1. The second-order valence-corrected chi connectivity index (χ2v) is 7.71. The van der Waals surface area contributed by atoms with Gasteiger partial charge in [-0.2, -0.15) is 13.2 Å². The predicted molar refractivity (Wildman–Crippen MR) is 112 cm³/mol. The number of benzene rings is 2. The molecule has 0 aliphatic heterocycles. The second-order valence-electron chi connectivity index (χ2n) is 7.71. The molecule has 1 aliphatic rings. The van der Waals surface area contributed by atoms with Gasteiger partial charge in [-0.3, -0.25) is 0 Å². The first kappa shape index (κ1) is 22.3. The maximum Gasteiger partial charge on any atom is 0.419 e. The number of allylic oxidation sites excluding steroid dienone is 3. The second kappa shape index (κ2) is 9.61. The molecule has 1 nitrogen and oxygen atoms in total. The average molecular weight is 418 g/mol. The number of alkyl halides is 3. The first-order chi connectivity index (χ1) is 14.3. The molecule has 0 amide bonds. The van der Waals surface area contributed by atoms with Crippen LogP contribution in [-0.4, -0.2) is 7.11 Å². The highest BCUT2D eigenvalue weighted by molar-refractivity contribution is 5.69. The van der Waals surface area contributed by atoms with Crippen LogP contribution >= 0.6 is 0 Å². The maximum atomic E-state index is 14.6. The molecule has 0 radical (unpaired) electrons. The molecule has 0 spiro atoms. The topological polar surface area (TPSA) is 9.23 Å². The van der Waals surface area contributed by atoms with E-state index in [1.54, 1.807) is 12.1 Å². The summed E-state index contributed by atoms with van der Waals surface area (Å²) in [7, 11) is 1.32. The molecule has 3 rings (SSSR count). The van der Waals surface area contributed by atoms with Gasteiger partial charge >= 0.3 is 6.18 Å². The lowest BCUT2D eigenvalue weighted by molar-refractivity contribution is -0.139. The summed E-state index contributed by atoms with van der Waals surface area (Å²) < 4.78 is 60.2. The predicted octanol–water partition coefficient (Wildman–Crippen LogP) is 7.67. The van der Waals surface area contributed by atoms with Gasteiger partial charge in [0, 0.05) is 18.6 Å². The molecule has 2 aromatic rings. The largest absolute Gasteiger partial charge is 0.419 e. The van der Waals surface area contributed by atoms with Crippen LogP contribution in [0.3, 0.4) is 0 Å². The zero-order valence-electron chi connectivity index (χ0n) is 17.0. The van der Waals surface area contributed by atoms with E-state index in [0.717, 1.165) is 31.2 Å². The Balaban J connectivity index is 1.86. The molecule has 0 fully saturated rings. The molecule has 5 heteroatoms. The number of halogens is 4. The third kappa shape index (κ3) is 5.01. The SMILES string of the molecule is C=CCCC1C=CC(c2ccc(-c3ccc(COC)c(F)c3C(F)(F)F)cc2)CC1. The van der Waals surface area contributed by atoms with Gasteiger partial charge in [0.05, 0.1) is 12.2 Å². The van der Waals surface area contributed by atoms with E-state index in [9.17, 15) is 17.6 Å². The fourth-order valence-corrected chi connectivity index (χ4v) is 4.04. The van der Waals surface area contributed by atoms with E-state index >= 15 is 0 Å². The van der Waals surface area contributed by atoms with Crippen molar-refractivity contribution >= 4 is 0 Å². The quantitative estimate of drug-likeness (QED) is 0.331. The van der Waals surface area contributed by atoms with Crippen LogP contribution in [0.1, 0.15) is 48.3 Å². The molecule has 2 atom stereocenters. The van der Waals surface area contributed by atoms with E-state index in [-0.39, 0.29) is 23.7 Å². The fraction of sp³-hybridized carbons (Fsp3) is 0.360. The van der Waals surface area contributed by atoms with E-state index < -0.39 is 17.6 Å². The summed E-state index contributed by atoms with van der Waals surface area (Å²) in [6.45, 7) is 3.54. The van der Waals surface area contributed by atoms with Crippen LogP contribution in [0.2, 0.25) is 0 Å². The summed E-state index contributed by atoms with van der Waals surface area (Å²) in [5.41, 5.74) is -0.106. The molecular weight excluding hydrogens is 392 g/mol. The van der Waals surface area contributed by atoms with Crippen LogP contribution in [0.4, 0.5) is 17.6 Å².